The zero-order valence-electron chi connectivity index (χ0n) is 23.5. The van der Waals surface area contributed by atoms with Gasteiger partial charge in [-0.3, -0.25) is 9.78 Å². The summed E-state index contributed by atoms with van der Waals surface area (Å²) in [5, 5.41) is 9.03. The first-order valence-corrected chi connectivity index (χ1v) is 14.0. The Bertz CT molecular complexity index is 1310. The van der Waals surface area contributed by atoms with Gasteiger partial charge >= 0.3 is 0 Å². The maximum absolute atomic E-state index is 12.4. The number of aryl methyl sites for hydroxylation is 2. The summed E-state index contributed by atoms with van der Waals surface area (Å²) in [6.45, 7) is 11.9. The fraction of sp³-hybridized carbons (Fsp3) is 0.500. The van der Waals surface area contributed by atoms with E-state index >= 15 is 0 Å². The quantitative estimate of drug-likeness (QED) is 0.430. The van der Waals surface area contributed by atoms with Gasteiger partial charge in [0.1, 0.15) is 11.6 Å². The maximum atomic E-state index is 12.4. The molecule has 9 heteroatoms. The highest BCUT2D eigenvalue weighted by Crippen LogP contribution is 2.31. The van der Waals surface area contributed by atoms with Crippen molar-refractivity contribution in [3.05, 3.63) is 53.5 Å². The van der Waals surface area contributed by atoms with E-state index in [1.54, 1.807) is 6.20 Å². The highest BCUT2D eigenvalue weighted by Gasteiger charge is 2.29. The minimum Gasteiger partial charge on any atom is -0.396 e. The lowest BCUT2D eigenvalue weighted by Crippen LogP contribution is -2.53. The fourth-order valence-corrected chi connectivity index (χ4v) is 5.62. The standard InChI is InChI=1S/C30H39N7O2/c1-20-15-25(27(39)8-6-14-38)18-32-29(20)35-12-13-36(23(4)19-35)28-16-26(24-10-9-21(2)31-17-24)33-30(34-28)37-11-5-7-22(37)3/h9-10,15-18,22-23,38H,5-8,11-14,19H2,1-4H3/t22?,23-/m1/s1. The number of hydrogen-bond donors (Lipinski definition) is 1. The molecule has 2 aliphatic heterocycles. The van der Waals surface area contributed by atoms with Crippen LogP contribution in [0.4, 0.5) is 17.6 Å². The van der Waals surface area contributed by atoms with Crippen LogP contribution in [0.2, 0.25) is 0 Å². The van der Waals surface area contributed by atoms with Crippen molar-refractivity contribution in [1.82, 2.24) is 19.9 Å². The van der Waals surface area contributed by atoms with Crippen LogP contribution in [0.1, 0.15) is 61.1 Å². The number of rotatable bonds is 8. The van der Waals surface area contributed by atoms with E-state index in [-0.39, 0.29) is 18.4 Å². The van der Waals surface area contributed by atoms with E-state index in [0.29, 0.717) is 24.4 Å². The summed E-state index contributed by atoms with van der Waals surface area (Å²) in [5.41, 5.74) is 4.48. The molecule has 3 aromatic rings. The van der Waals surface area contributed by atoms with Crippen LogP contribution in [-0.2, 0) is 0 Å². The molecule has 2 saturated heterocycles. The summed E-state index contributed by atoms with van der Waals surface area (Å²) >= 11 is 0. The number of ketones is 1. The molecule has 206 valence electrons. The molecule has 5 heterocycles. The van der Waals surface area contributed by atoms with E-state index in [1.165, 1.54) is 0 Å². The molecule has 0 aliphatic carbocycles. The van der Waals surface area contributed by atoms with Crippen LogP contribution < -0.4 is 14.7 Å². The first kappa shape index (κ1) is 27.0. The summed E-state index contributed by atoms with van der Waals surface area (Å²) in [4.78, 5) is 38.7. The van der Waals surface area contributed by atoms with Gasteiger partial charge in [0, 0.05) is 86.6 Å². The number of Topliss-reactive ketones (excluding diaryl/α,β-unsaturated/α-hetero) is 1. The Kier molecular flexibility index (Phi) is 8.07. The Balaban J connectivity index is 1.38. The number of aliphatic hydroxyl groups excluding tert-OH is 1. The van der Waals surface area contributed by atoms with Crippen molar-refractivity contribution in [2.75, 3.05) is 47.5 Å². The Hall–Kier alpha value is -3.59. The molecule has 0 amide bonds. The van der Waals surface area contributed by atoms with Gasteiger partial charge in [-0.15, -0.1) is 0 Å². The summed E-state index contributed by atoms with van der Waals surface area (Å²) in [7, 11) is 0. The summed E-state index contributed by atoms with van der Waals surface area (Å²) < 4.78 is 0. The van der Waals surface area contributed by atoms with Gasteiger partial charge in [-0.2, -0.15) is 4.98 Å². The SMILES string of the molecule is Cc1ccc(-c2cc(N3CCN(c4ncc(C(=O)CCCO)cc4C)C[C@H]3C)nc(N3CCCC3C)n2)cn1. The van der Waals surface area contributed by atoms with E-state index < -0.39 is 0 Å². The van der Waals surface area contributed by atoms with Crippen molar-refractivity contribution in [2.45, 2.75) is 65.5 Å². The molecule has 1 unspecified atom stereocenters. The number of pyridine rings is 2. The zero-order chi connectivity index (χ0) is 27.5. The highest BCUT2D eigenvalue weighted by molar-refractivity contribution is 5.96. The Morgan fingerprint density at radius 1 is 1.00 bits per heavy atom. The van der Waals surface area contributed by atoms with Gasteiger partial charge in [0.2, 0.25) is 5.95 Å². The predicted molar refractivity (Wildman–Crippen MR) is 155 cm³/mol. The summed E-state index contributed by atoms with van der Waals surface area (Å²) in [6, 6.07) is 8.75. The molecular weight excluding hydrogens is 490 g/mol. The minimum absolute atomic E-state index is 0.0205. The van der Waals surface area contributed by atoms with Crippen molar-refractivity contribution in [3.8, 4) is 11.3 Å². The van der Waals surface area contributed by atoms with Gasteiger partial charge in [0.25, 0.3) is 0 Å². The number of carbonyl (C=O) groups excluding carboxylic acids is 1. The largest absolute Gasteiger partial charge is 0.396 e. The molecule has 2 fully saturated rings. The molecule has 1 N–H and O–H groups in total. The van der Waals surface area contributed by atoms with Crippen molar-refractivity contribution < 1.29 is 9.90 Å². The fourth-order valence-electron chi connectivity index (χ4n) is 5.62. The van der Waals surface area contributed by atoms with E-state index in [1.807, 2.05) is 32.2 Å². The zero-order valence-corrected chi connectivity index (χ0v) is 23.5. The van der Waals surface area contributed by atoms with Gasteiger partial charge in [-0.1, -0.05) is 0 Å². The first-order valence-electron chi connectivity index (χ1n) is 14.0. The molecule has 0 saturated carbocycles. The topological polar surface area (TPSA) is 98.6 Å². The third kappa shape index (κ3) is 5.88. The molecule has 0 spiro atoms. The van der Waals surface area contributed by atoms with E-state index in [0.717, 1.165) is 79.1 Å². The maximum Gasteiger partial charge on any atom is 0.228 e. The van der Waals surface area contributed by atoms with Crippen molar-refractivity contribution in [1.29, 1.82) is 0 Å². The van der Waals surface area contributed by atoms with Gasteiger partial charge in [0.15, 0.2) is 5.78 Å². The van der Waals surface area contributed by atoms with Crippen LogP contribution >= 0.6 is 0 Å². The second kappa shape index (κ2) is 11.7. The normalized spacial score (nSPS) is 19.6. The van der Waals surface area contributed by atoms with Crippen LogP contribution in [0.5, 0.6) is 0 Å². The third-order valence-corrected chi connectivity index (χ3v) is 7.87. The lowest BCUT2D eigenvalue weighted by atomic mass is 10.1. The van der Waals surface area contributed by atoms with Crippen molar-refractivity contribution >= 4 is 23.4 Å². The molecule has 5 rings (SSSR count). The lowest BCUT2D eigenvalue weighted by molar-refractivity contribution is 0.0971. The lowest BCUT2D eigenvalue weighted by Gasteiger charge is -2.41. The first-order chi connectivity index (χ1) is 18.8. The molecule has 2 aliphatic rings. The van der Waals surface area contributed by atoms with Gasteiger partial charge in [0.05, 0.1) is 5.69 Å². The van der Waals surface area contributed by atoms with Crippen LogP contribution in [0.25, 0.3) is 11.3 Å². The third-order valence-electron chi connectivity index (χ3n) is 7.87. The number of nitrogens with zero attached hydrogens (tertiary/aromatic N) is 7. The number of carbonyl (C=O) groups is 1. The molecule has 9 nitrogen and oxygen atoms in total. The molecule has 2 atom stereocenters. The van der Waals surface area contributed by atoms with Crippen LogP contribution in [-0.4, -0.2) is 75.7 Å². The average Bonchev–Trinajstić information content (AvgIpc) is 3.37. The van der Waals surface area contributed by atoms with Crippen LogP contribution in [0.3, 0.4) is 0 Å². The predicted octanol–water partition coefficient (Wildman–Crippen LogP) is 4.21. The van der Waals surface area contributed by atoms with Crippen molar-refractivity contribution in [2.24, 2.45) is 0 Å². The Morgan fingerprint density at radius 2 is 1.85 bits per heavy atom. The summed E-state index contributed by atoms with van der Waals surface area (Å²) in [5.74, 6) is 2.68. The van der Waals surface area contributed by atoms with Gasteiger partial charge in [-0.25, -0.2) is 9.97 Å². The molecule has 0 aromatic carbocycles. The minimum atomic E-state index is 0.0205. The molecule has 39 heavy (non-hydrogen) atoms. The van der Waals surface area contributed by atoms with E-state index in [2.05, 4.69) is 50.6 Å². The number of aromatic nitrogens is 4. The molecule has 0 bridgehead atoms. The van der Waals surface area contributed by atoms with Gasteiger partial charge in [-0.05, 0) is 70.7 Å². The molecule has 0 radical (unpaired) electrons. The number of piperazine rings is 1. The monoisotopic (exact) mass is 529 g/mol. The Morgan fingerprint density at radius 3 is 2.51 bits per heavy atom. The van der Waals surface area contributed by atoms with Crippen molar-refractivity contribution in [3.63, 3.8) is 0 Å². The molecule has 3 aromatic heterocycles. The number of anilines is 3. The second-order valence-electron chi connectivity index (χ2n) is 10.9. The number of aliphatic hydroxyl groups is 1. The van der Waals surface area contributed by atoms with Crippen LogP contribution in [0.15, 0.2) is 36.7 Å². The van der Waals surface area contributed by atoms with E-state index in [4.69, 9.17) is 15.1 Å². The van der Waals surface area contributed by atoms with Crippen LogP contribution in [0, 0.1) is 13.8 Å². The highest BCUT2D eigenvalue weighted by atomic mass is 16.3. The van der Waals surface area contributed by atoms with E-state index in [9.17, 15) is 4.79 Å². The second-order valence-corrected chi connectivity index (χ2v) is 10.9. The summed E-state index contributed by atoms with van der Waals surface area (Å²) in [6.07, 6.45) is 6.69. The smallest absolute Gasteiger partial charge is 0.228 e. The molecular formula is C30H39N7O2. The average molecular weight is 530 g/mol. The van der Waals surface area contributed by atoms with Gasteiger partial charge < -0.3 is 19.8 Å². The number of hydrogen-bond acceptors (Lipinski definition) is 9. The Labute approximate surface area is 230 Å².